The molecule has 0 radical (unpaired) electrons. The van der Waals surface area contributed by atoms with Crippen LogP contribution in [0.1, 0.15) is 38.5 Å². The summed E-state index contributed by atoms with van der Waals surface area (Å²) < 4.78 is 0. The van der Waals surface area contributed by atoms with Gasteiger partial charge in [-0.1, -0.05) is 37.5 Å². The first kappa shape index (κ1) is 18.0. The molecule has 0 unspecified atom stereocenters. The smallest absolute Gasteiger partial charge is 0.227 e. The maximum atomic E-state index is 13.0. The van der Waals surface area contributed by atoms with Gasteiger partial charge in [-0.25, -0.2) is 0 Å². The molecule has 1 aliphatic rings. The molecule has 4 nitrogen and oxygen atoms in total. The van der Waals surface area contributed by atoms with Crippen LogP contribution in [-0.2, 0) is 4.79 Å². The number of carbonyl (C=O) groups is 1. The molecule has 1 aliphatic carbocycles. The minimum atomic E-state index is 0.0144. The highest BCUT2D eigenvalue weighted by molar-refractivity contribution is 5.93. The van der Waals surface area contributed by atoms with E-state index in [4.69, 9.17) is 5.73 Å². The number of carbonyl (C=O) groups excluding carboxylic acids is 1. The van der Waals surface area contributed by atoms with E-state index in [1.165, 1.54) is 19.3 Å². The van der Waals surface area contributed by atoms with Crippen LogP contribution in [0.5, 0.6) is 0 Å². The Morgan fingerprint density at radius 1 is 1.09 bits per heavy atom. The molecule has 23 heavy (non-hydrogen) atoms. The maximum Gasteiger partial charge on any atom is 0.227 e. The van der Waals surface area contributed by atoms with E-state index in [0.717, 1.165) is 31.6 Å². The van der Waals surface area contributed by atoms with E-state index >= 15 is 0 Å². The SMILES string of the molecule is CN(C)CCN(C(=O)CC1(CN)CCCCC1)c1ccccc1. The Kier molecular flexibility index (Phi) is 6.60. The molecule has 0 atom stereocenters. The molecule has 2 rings (SSSR count). The van der Waals surface area contributed by atoms with Crippen LogP contribution in [0, 0.1) is 5.41 Å². The van der Waals surface area contributed by atoms with E-state index in [-0.39, 0.29) is 11.3 Å². The van der Waals surface area contributed by atoms with E-state index in [9.17, 15) is 4.79 Å². The molecule has 128 valence electrons. The maximum absolute atomic E-state index is 13.0. The number of para-hydroxylation sites is 1. The lowest BCUT2D eigenvalue weighted by Crippen LogP contribution is -2.42. The van der Waals surface area contributed by atoms with Crippen molar-refractivity contribution in [3.8, 4) is 0 Å². The van der Waals surface area contributed by atoms with Crippen LogP contribution in [-0.4, -0.2) is 44.5 Å². The number of benzene rings is 1. The Morgan fingerprint density at radius 2 is 1.74 bits per heavy atom. The predicted molar refractivity (Wildman–Crippen MR) is 96.5 cm³/mol. The summed E-state index contributed by atoms with van der Waals surface area (Å²) in [4.78, 5) is 17.1. The zero-order valence-corrected chi connectivity index (χ0v) is 14.6. The first-order valence-corrected chi connectivity index (χ1v) is 8.76. The van der Waals surface area contributed by atoms with Gasteiger partial charge in [0, 0.05) is 25.2 Å². The lowest BCUT2D eigenvalue weighted by atomic mass is 9.71. The van der Waals surface area contributed by atoms with E-state index in [1.54, 1.807) is 0 Å². The number of hydrogen-bond acceptors (Lipinski definition) is 3. The molecule has 0 aromatic heterocycles. The van der Waals surface area contributed by atoms with Crippen LogP contribution >= 0.6 is 0 Å². The molecule has 0 aliphatic heterocycles. The molecule has 4 heteroatoms. The lowest BCUT2D eigenvalue weighted by Gasteiger charge is -2.37. The molecule has 1 aromatic rings. The molecule has 0 bridgehead atoms. The normalized spacial score (nSPS) is 17.2. The molecule has 0 spiro atoms. The molecular formula is C19H31N3O. The fourth-order valence-corrected chi connectivity index (χ4v) is 3.48. The summed E-state index contributed by atoms with van der Waals surface area (Å²) in [6, 6.07) is 10.0. The Bertz CT molecular complexity index is 481. The molecule has 1 aromatic carbocycles. The summed E-state index contributed by atoms with van der Waals surface area (Å²) in [5.74, 6) is 0.213. The molecule has 0 heterocycles. The van der Waals surface area contributed by atoms with E-state index in [2.05, 4.69) is 4.90 Å². The average Bonchev–Trinajstić information content (AvgIpc) is 2.56. The van der Waals surface area contributed by atoms with E-state index in [1.807, 2.05) is 49.3 Å². The highest BCUT2D eigenvalue weighted by atomic mass is 16.2. The highest BCUT2D eigenvalue weighted by Crippen LogP contribution is 2.39. The van der Waals surface area contributed by atoms with Crippen molar-refractivity contribution < 1.29 is 4.79 Å². The molecular weight excluding hydrogens is 286 g/mol. The largest absolute Gasteiger partial charge is 0.330 e. The number of amides is 1. The minimum Gasteiger partial charge on any atom is -0.330 e. The molecule has 1 saturated carbocycles. The number of likely N-dealkylation sites (N-methyl/N-ethyl adjacent to an activating group) is 1. The van der Waals surface area contributed by atoms with Gasteiger partial charge in [0.2, 0.25) is 5.91 Å². The van der Waals surface area contributed by atoms with Gasteiger partial charge in [-0.05, 0) is 51.0 Å². The Morgan fingerprint density at radius 3 is 2.30 bits per heavy atom. The number of nitrogens with zero attached hydrogens (tertiary/aromatic N) is 2. The fourth-order valence-electron chi connectivity index (χ4n) is 3.48. The van der Waals surface area contributed by atoms with Gasteiger partial charge in [-0.3, -0.25) is 4.79 Å². The topological polar surface area (TPSA) is 49.6 Å². The summed E-state index contributed by atoms with van der Waals surface area (Å²) in [6.07, 6.45) is 6.43. The molecule has 2 N–H and O–H groups in total. The summed E-state index contributed by atoms with van der Waals surface area (Å²) in [5.41, 5.74) is 7.07. The second kappa shape index (κ2) is 8.46. The van der Waals surface area contributed by atoms with Gasteiger partial charge in [-0.15, -0.1) is 0 Å². The Labute approximate surface area is 140 Å². The predicted octanol–water partition coefficient (Wildman–Crippen LogP) is 2.88. The van der Waals surface area contributed by atoms with Crippen molar-refractivity contribution in [1.82, 2.24) is 4.90 Å². The number of rotatable bonds is 7. The zero-order valence-electron chi connectivity index (χ0n) is 14.6. The van der Waals surface area contributed by atoms with Crippen molar-refractivity contribution in [2.24, 2.45) is 11.1 Å². The van der Waals surface area contributed by atoms with Gasteiger partial charge in [0.05, 0.1) is 0 Å². The average molecular weight is 317 g/mol. The van der Waals surface area contributed by atoms with Crippen LogP contribution in [0.2, 0.25) is 0 Å². The summed E-state index contributed by atoms with van der Waals surface area (Å²) in [5, 5.41) is 0. The van der Waals surface area contributed by atoms with Crippen LogP contribution in [0.4, 0.5) is 5.69 Å². The third-order valence-electron chi connectivity index (χ3n) is 5.01. The fraction of sp³-hybridized carbons (Fsp3) is 0.632. The Hall–Kier alpha value is -1.39. The summed E-state index contributed by atoms with van der Waals surface area (Å²) in [7, 11) is 4.08. The van der Waals surface area contributed by atoms with Gasteiger partial charge in [0.15, 0.2) is 0 Å². The van der Waals surface area contributed by atoms with Gasteiger partial charge in [0.25, 0.3) is 0 Å². The van der Waals surface area contributed by atoms with Crippen molar-refractivity contribution in [1.29, 1.82) is 0 Å². The van der Waals surface area contributed by atoms with Gasteiger partial charge >= 0.3 is 0 Å². The quantitative estimate of drug-likeness (QED) is 0.841. The third-order valence-corrected chi connectivity index (χ3v) is 5.01. The van der Waals surface area contributed by atoms with Crippen molar-refractivity contribution in [3.63, 3.8) is 0 Å². The third kappa shape index (κ3) is 5.05. The summed E-state index contributed by atoms with van der Waals surface area (Å²) >= 11 is 0. The first-order chi connectivity index (χ1) is 11.1. The van der Waals surface area contributed by atoms with Crippen molar-refractivity contribution in [2.75, 3.05) is 38.6 Å². The number of anilines is 1. The van der Waals surface area contributed by atoms with E-state index in [0.29, 0.717) is 13.0 Å². The van der Waals surface area contributed by atoms with Crippen LogP contribution in [0.15, 0.2) is 30.3 Å². The first-order valence-electron chi connectivity index (χ1n) is 8.76. The second-order valence-electron chi connectivity index (χ2n) is 7.13. The second-order valence-corrected chi connectivity index (χ2v) is 7.13. The molecule has 1 amide bonds. The Balaban J connectivity index is 2.12. The number of nitrogens with two attached hydrogens (primary N) is 1. The van der Waals surface area contributed by atoms with Crippen molar-refractivity contribution >= 4 is 11.6 Å². The van der Waals surface area contributed by atoms with Gasteiger partial charge in [0.1, 0.15) is 0 Å². The van der Waals surface area contributed by atoms with E-state index < -0.39 is 0 Å². The highest BCUT2D eigenvalue weighted by Gasteiger charge is 2.34. The molecule has 1 fully saturated rings. The summed E-state index contributed by atoms with van der Waals surface area (Å²) in [6.45, 7) is 2.20. The zero-order chi connectivity index (χ0) is 16.7. The van der Waals surface area contributed by atoms with Gasteiger partial charge < -0.3 is 15.5 Å². The van der Waals surface area contributed by atoms with Crippen LogP contribution < -0.4 is 10.6 Å². The van der Waals surface area contributed by atoms with Crippen LogP contribution in [0.25, 0.3) is 0 Å². The van der Waals surface area contributed by atoms with Crippen molar-refractivity contribution in [3.05, 3.63) is 30.3 Å². The van der Waals surface area contributed by atoms with Crippen molar-refractivity contribution in [2.45, 2.75) is 38.5 Å². The number of hydrogen-bond donors (Lipinski definition) is 1. The lowest BCUT2D eigenvalue weighted by molar-refractivity contribution is -0.121. The monoisotopic (exact) mass is 317 g/mol. The van der Waals surface area contributed by atoms with Crippen LogP contribution in [0.3, 0.4) is 0 Å². The molecule has 0 saturated heterocycles. The standard InChI is InChI=1S/C19H31N3O/c1-21(2)13-14-22(17-9-5-3-6-10-17)18(23)15-19(16-20)11-7-4-8-12-19/h3,5-6,9-10H,4,7-8,11-16,20H2,1-2H3. The minimum absolute atomic E-state index is 0.0144. The van der Waals surface area contributed by atoms with Gasteiger partial charge in [-0.2, -0.15) is 0 Å².